The average molecular weight is 450 g/mol. The highest BCUT2D eigenvalue weighted by Gasteiger charge is 2.45. The van der Waals surface area contributed by atoms with Crippen LogP contribution in [0.5, 0.6) is 5.75 Å². The minimum absolute atomic E-state index is 0.0322. The van der Waals surface area contributed by atoms with E-state index in [2.05, 4.69) is 9.55 Å². The predicted molar refractivity (Wildman–Crippen MR) is 122 cm³/mol. The van der Waals surface area contributed by atoms with Crippen LogP contribution in [0.15, 0.2) is 60.9 Å². The fourth-order valence-corrected chi connectivity index (χ4v) is 4.89. The van der Waals surface area contributed by atoms with Gasteiger partial charge >= 0.3 is 0 Å². The van der Waals surface area contributed by atoms with E-state index in [0.29, 0.717) is 37.4 Å². The molecule has 2 fully saturated rings. The standard InChI is InChI=1S/C26H28FN3O3/c1-19-28-11-13-29(19)16-20-4-2-5-21(14-20)25(31)30-12-3-10-26(18-30)15-24(17-32-26)33-23-8-6-22(27)7-9-23/h2,4-9,11,13-14,24H,3,10,12,15-18H2,1H3/t24-,26+/m1/s1. The minimum atomic E-state index is -0.385. The molecule has 0 aliphatic carbocycles. The first-order chi connectivity index (χ1) is 16.0. The molecular formula is C26H28FN3O3. The van der Waals surface area contributed by atoms with Crippen molar-refractivity contribution in [3.05, 3.63) is 83.7 Å². The lowest BCUT2D eigenvalue weighted by Crippen LogP contribution is -2.50. The average Bonchev–Trinajstić information content (AvgIpc) is 3.40. The zero-order valence-corrected chi connectivity index (χ0v) is 18.7. The van der Waals surface area contributed by atoms with Crippen molar-refractivity contribution in [1.82, 2.24) is 14.5 Å². The van der Waals surface area contributed by atoms with Crippen LogP contribution in [-0.4, -0.2) is 51.8 Å². The Hall–Kier alpha value is -3.19. The van der Waals surface area contributed by atoms with Crippen LogP contribution in [0, 0.1) is 12.7 Å². The summed E-state index contributed by atoms with van der Waals surface area (Å²) in [6.07, 6.45) is 6.13. The smallest absolute Gasteiger partial charge is 0.253 e. The Morgan fingerprint density at radius 1 is 1.27 bits per heavy atom. The van der Waals surface area contributed by atoms with E-state index in [1.54, 1.807) is 18.3 Å². The Balaban J connectivity index is 1.24. The number of rotatable bonds is 5. The van der Waals surface area contributed by atoms with E-state index in [1.807, 2.05) is 42.3 Å². The van der Waals surface area contributed by atoms with Gasteiger partial charge in [-0.15, -0.1) is 0 Å². The van der Waals surface area contributed by atoms with Crippen LogP contribution in [0.2, 0.25) is 0 Å². The molecule has 0 N–H and O–H groups in total. The molecule has 2 saturated heterocycles. The van der Waals surface area contributed by atoms with Crippen molar-refractivity contribution >= 4 is 5.91 Å². The molecule has 0 saturated carbocycles. The van der Waals surface area contributed by atoms with Gasteiger partial charge in [-0.3, -0.25) is 4.79 Å². The number of hydrogen-bond acceptors (Lipinski definition) is 4. The van der Waals surface area contributed by atoms with Gasteiger partial charge in [-0.25, -0.2) is 9.37 Å². The van der Waals surface area contributed by atoms with Crippen LogP contribution >= 0.6 is 0 Å². The molecule has 0 unspecified atom stereocenters. The SMILES string of the molecule is Cc1nccn1Cc1cccc(C(=O)N2CCC[C@]3(C[C@@H](Oc4ccc(F)cc4)CO3)C2)c1. The molecule has 6 nitrogen and oxygen atoms in total. The van der Waals surface area contributed by atoms with Gasteiger partial charge in [0, 0.05) is 37.5 Å². The first kappa shape index (κ1) is 21.6. The first-order valence-electron chi connectivity index (χ1n) is 11.4. The molecule has 1 amide bonds. The second-order valence-corrected chi connectivity index (χ2v) is 9.02. The molecule has 33 heavy (non-hydrogen) atoms. The summed E-state index contributed by atoms with van der Waals surface area (Å²) in [7, 11) is 0. The van der Waals surface area contributed by atoms with E-state index < -0.39 is 0 Å². The number of imidazole rings is 1. The van der Waals surface area contributed by atoms with E-state index >= 15 is 0 Å². The van der Waals surface area contributed by atoms with Crippen LogP contribution < -0.4 is 4.74 Å². The number of aryl methyl sites for hydroxylation is 1. The van der Waals surface area contributed by atoms with E-state index in [9.17, 15) is 9.18 Å². The maximum atomic E-state index is 13.4. The molecule has 0 radical (unpaired) electrons. The summed E-state index contributed by atoms with van der Waals surface area (Å²) in [5.74, 6) is 1.33. The molecule has 2 aliphatic rings. The van der Waals surface area contributed by atoms with Crippen molar-refractivity contribution < 1.29 is 18.7 Å². The van der Waals surface area contributed by atoms with Gasteiger partial charge in [0.15, 0.2) is 0 Å². The third kappa shape index (κ3) is 4.78. The van der Waals surface area contributed by atoms with Crippen molar-refractivity contribution in [2.75, 3.05) is 19.7 Å². The van der Waals surface area contributed by atoms with Crippen molar-refractivity contribution in [2.24, 2.45) is 0 Å². The van der Waals surface area contributed by atoms with Crippen LogP contribution in [0.3, 0.4) is 0 Å². The number of likely N-dealkylation sites (tertiary alicyclic amines) is 1. The van der Waals surface area contributed by atoms with Crippen molar-refractivity contribution in [1.29, 1.82) is 0 Å². The number of nitrogens with zero attached hydrogens (tertiary/aromatic N) is 3. The van der Waals surface area contributed by atoms with Crippen LogP contribution in [-0.2, 0) is 11.3 Å². The summed E-state index contributed by atoms with van der Waals surface area (Å²) in [6, 6.07) is 13.9. The normalized spacial score (nSPS) is 22.6. The highest BCUT2D eigenvalue weighted by molar-refractivity contribution is 5.94. The maximum Gasteiger partial charge on any atom is 0.253 e. The Bertz CT molecular complexity index is 1130. The molecule has 3 aromatic rings. The fourth-order valence-electron chi connectivity index (χ4n) is 4.89. The van der Waals surface area contributed by atoms with Crippen molar-refractivity contribution in [2.45, 2.75) is 44.4 Å². The molecule has 2 atom stereocenters. The van der Waals surface area contributed by atoms with E-state index in [1.165, 1.54) is 12.1 Å². The number of halogens is 1. The summed E-state index contributed by atoms with van der Waals surface area (Å²) in [6.45, 7) is 4.40. The number of benzene rings is 2. The number of amides is 1. The second-order valence-electron chi connectivity index (χ2n) is 9.02. The third-order valence-corrected chi connectivity index (χ3v) is 6.57. The number of hydrogen-bond donors (Lipinski definition) is 0. The largest absolute Gasteiger partial charge is 0.488 e. The van der Waals surface area contributed by atoms with Gasteiger partial charge in [0.05, 0.1) is 18.8 Å². The van der Waals surface area contributed by atoms with Gasteiger partial charge < -0.3 is 18.9 Å². The molecule has 5 rings (SSSR count). The van der Waals surface area contributed by atoms with Gasteiger partial charge in [-0.2, -0.15) is 0 Å². The first-order valence-corrected chi connectivity index (χ1v) is 11.4. The van der Waals surface area contributed by atoms with Gasteiger partial charge in [0.2, 0.25) is 0 Å². The number of carbonyl (C=O) groups excluding carboxylic acids is 1. The Morgan fingerprint density at radius 3 is 2.91 bits per heavy atom. The van der Waals surface area contributed by atoms with E-state index in [0.717, 1.165) is 30.8 Å². The molecule has 0 bridgehead atoms. The molecule has 172 valence electrons. The zero-order valence-electron chi connectivity index (χ0n) is 18.7. The number of aromatic nitrogens is 2. The number of ether oxygens (including phenoxy) is 2. The molecular weight excluding hydrogens is 421 g/mol. The fraction of sp³-hybridized carbons (Fsp3) is 0.385. The molecule has 3 heterocycles. The van der Waals surface area contributed by atoms with Crippen LogP contribution in [0.1, 0.15) is 41.0 Å². The van der Waals surface area contributed by atoms with Gasteiger partial charge in [0.1, 0.15) is 23.5 Å². The highest BCUT2D eigenvalue weighted by atomic mass is 19.1. The van der Waals surface area contributed by atoms with E-state index in [-0.39, 0.29) is 23.4 Å². The topological polar surface area (TPSA) is 56.6 Å². The van der Waals surface area contributed by atoms with Crippen molar-refractivity contribution in [3.63, 3.8) is 0 Å². The lowest BCUT2D eigenvalue weighted by Gasteiger charge is -2.39. The Morgan fingerprint density at radius 2 is 2.12 bits per heavy atom. The molecule has 7 heteroatoms. The molecule has 1 aromatic heterocycles. The highest BCUT2D eigenvalue weighted by Crippen LogP contribution is 2.36. The summed E-state index contributed by atoms with van der Waals surface area (Å²) in [5, 5.41) is 0. The third-order valence-electron chi connectivity index (χ3n) is 6.57. The second kappa shape index (κ2) is 8.98. The molecule has 1 spiro atoms. The lowest BCUT2D eigenvalue weighted by molar-refractivity contribution is -0.0453. The summed E-state index contributed by atoms with van der Waals surface area (Å²) in [4.78, 5) is 19.5. The zero-order chi connectivity index (χ0) is 22.8. The van der Waals surface area contributed by atoms with E-state index in [4.69, 9.17) is 9.47 Å². The van der Waals surface area contributed by atoms with Gasteiger partial charge in [-0.1, -0.05) is 12.1 Å². The Labute approximate surface area is 193 Å². The number of piperidine rings is 1. The molecule has 2 aliphatic heterocycles. The van der Waals surface area contributed by atoms with Gasteiger partial charge in [-0.05, 0) is 61.7 Å². The maximum absolute atomic E-state index is 13.4. The summed E-state index contributed by atoms with van der Waals surface area (Å²) >= 11 is 0. The Kier molecular flexibility index (Phi) is 5.89. The van der Waals surface area contributed by atoms with Gasteiger partial charge in [0.25, 0.3) is 5.91 Å². The van der Waals surface area contributed by atoms with Crippen molar-refractivity contribution in [3.8, 4) is 5.75 Å². The van der Waals surface area contributed by atoms with Crippen LogP contribution in [0.25, 0.3) is 0 Å². The van der Waals surface area contributed by atoms with Crippen LogP contribution in [0.4, 0.5) is 4.39 Å². The minimum Gasteiger partial charge on any atom is -0.488 e. The molecule has 2 aromatic carbocycles. The summed E-state index contributed by atoms with van der Waals surface area (Å²) < 4.78 is 27.4. The quantitative estimate of drug-likeness (QED) is 0.585. The predicted octanol–water partition coefficient (Wildman–Crippen LogP) is 4.22. The lowest BCUT2D eigenvalue weighted by atomic mass is 9.89. The summed E-state index contributed by atoms with van der Waals surface area (Å²) in [5.41, 5.74) is 1.38. The monoisotopic (exact) mass is 449 g/mol. The number of carbonyl (C=O) groups is 1.